The van der Waals surface area contributed by atoms with E-state index in [0.29, 0.717) is 6.54 Å². The smallest absolute Gasteiger partial charge is 0.192 e. The van der Waals surface area contributed by atoms with Crippen LogP contribution in [0, 0.1) is 0 Å². The third kappa shape index (κ3) is 4.86. The molecule has 2 aliphatic heterocycles. The van der Waals surface area contributed by atoms with Gasteiger partial charge < -0.3 is 20.3 Å². The van der Waals surface area contributed by atoms with Crippen molar-refractivity contribution in [3.05, 3.63) is 53.7 Å². The molecule has 1 unspecified atom stereocenters. The molecule has 0 aliphatic carbocycles. The summed E-state index contributed by atoms with van der Waals surface area (Å²) < 4.78 is 6.16. The molecule has 160 valence electrons. The summed E-state index contributed by atoms with van der Waals surface area (Å²) in [5.41, 5.74) is 2.07. The Morgan fingerprint density at radius 2 is 2.00 bits per heavy atom. The van der Waals surface area contributed by atoms with Gasteiger partial charge in [0, 0.05) is 37.8 Å². The molecule has 4 rings (SSSR count). The molecule has 6 nitrogen and oxygen atoms in total. The van der Waals surface area contributed by atoms with Gasteiger partial charge in [-0.1, -0.05) is 24.3 Å². The van der Waals surface area contributed by atoms with Gasteiger partial charge >= 0.3 is 0 Å². The molecule has 0 spiro atoms. The average molecular weight is 408 g/mol. The van der Waals surface area contributed by atoms with Crippen LogP contribution in [-0.4, -0.2) is 36.2 Å². The molecule has 1 aromatic heterocycles. The number of pyridine rings is 1. The summed E-state index contributed by atoms with van der Waals surface area (Å²) in [5, 5.41) is 7.01. The molecule has 1 saturated heterocycles. The predicted octanol–water partition coefficient (Wildman–Crippen LogP) is 4.04. The number of ether oxygens (including phenoxy) is 1. The molecule has 3 heterocycles. The van der Waals surface area contributed by atoms with E-state index in [4.69, 9.17) is 9.73 Å². The molecule has 2 aliphatic rings. The normalized spacial score (nSPS) is 20.4. The summed E-state index contributed by atoms with van der Waals surface area (Å²) in [6.07, 6.45) is 5.35. The van der Waals surface area contributed by atoms with E-state index in [1.54, 1.807) is 0 Å². The van der Waals surface area contributed by atoms with Gasteiger partial charge in [-0.25, -0.2) is 9.98 Å². The largest absolute Gasteiger partial charge is 0.487 e. The SMILES string of the molecule is CCNC(=NCc1ccc(N2CCCC2)nc1)NC1CC(C)(C)Oc2ccccc21. The highest BCUT2D eigenvalue weighted by Gasteiger charge is 2.33. The minimum Gasteiger partial charge on any atom is -0.487 e. The van der Waals surface area contributed by atoms with Crippen molar-refractivity contribution in [2.45, 2.75) is 58.2 Å². The minimum absolute atomic E-state index is 0.151. The van der Waals surface area contributed by atoms with Crippen LogP contribution in [0.15, 0.2) is 47.6 Å². The predicted molar refractivity (Wildman–Crippen MR) is 122 cm³/mol. The van der Waals surface area contributed by atoms with E-state index in [2.05, 4.69) is 65.6 Å². The summed E-state index contributed by atoms with van der Waals surface area (Å²) in [6.45, 7) is 9.99. The Bertz CT molecular complexity index is 871. The summed E-state index contributed by atoms with van der Waals surface area (Å²) in [6, 6.07) is 12.7. The fraction of sp³-hybridized carbons (Fsp3) is 0.500. The first kappa shape index (κ1) is 20.5. The van der Waals surface area contributed by atoms with Gasteiger partial charge in [0.2, 0.25) is 0 Å². The van der Waals surface area contributed by atoms with E-state index in [1.807, 2.05) is 18.3 Å². The number of hydrogen-bond donors (Lipinski definition) is 2. The molecular weight excluding hydrogens is 374 g/mol. The Hall–Kier alpha value is -2.76. The van der Waals surface area contributed by atoms with Gasteiger partial charge in [0.15, 0.2) is 5.96 Å². The van der Waals surface area contributed by atoms with Crippen LogP contribution in [0.2, 0.25) is 0 Å². The lowest BCUT2D eigenvalue weighted by Gasteiger charge is -2.38. The molecule has 0 bridgehead atoms. The standard InChI is InChI=1S/C24H33N5O/c1-4-25-23(27-17-18-11-12-22(26-16-18)29-13-7-8-14-29)28-20-15-24(2,3)30-21-10-6-5-9-19(20)21/h5-6,9-12,16,20H,4,7-8,13-15,17H2,1-3H3,(H2,25,27,28). The van der Waals surface area contributed by atoms with Crippen molar-refractivity contribution < 1.29 is 4.74 Å². The zero-order valence-corrected chi connectivity index (χ0v) is 18.3. The summed E-state index contributed by atoms with van der Waals surface area (Å²) in [4.78, 5) is 11.8. The Kier molecular flexibility index (Phi) is 6.11. The maximum Gasteiger partial charge on any atom is 0.192 e. The lowest BCUT2D eigenvalue weighted by atomic mass is 9.90. The van der Waals surface area contributed by atoms with E-state index in [0.717, 1.165) is 49.1 Å². The highest BCUT2D eigenvalue weighted by atomic mass is 16.5. The van der Waals surface area contributed by atoms with Crippen LogP contribution in [0.1, 0.15) is 57.2 Å². The Labute approximate surface area is 179 Å². The quantitative estimate of drug-likeness (QED) is 0.579. The van der Waals surface area contributed by atoms with E-state index in [-0.39, 0.29) is 11.6 Å². The lowest BCUT2D eigenvalue weighted by Crippen LogP contribution is -2.45. The molecule has 2 N–H and O–H groups in total. The first-order valence-corrected chi connectivity index (χ1v) is 11.1. The highest BCUT2D eigenvalue weighted by molar-refractivity contribution is 5.80. The fourth-order valence-electron chi connectivity index (χ4n) is 4.23. The van der Waals surface area contributed by atoms with Gasteiger partial charge in [-0.05, 0) is 51.3 Å². The van der Waals surface area contributed by atoms with Crippen LogP contribution in [0.5, 0.6) is 5.75 Å². The monoisotopic (exact) mass is 407 g/mol. The van der Waals surface area contributed by atoms with Crippen molar-refractivity contribution in [2.24, 2.45) is 4.99 Å². The number of aliphatic imine (C=N–C) groups is 1. The second kappa shape index (κ2) is 8.94. The minimum atomic E-state index is -0.224. The van der Waals surface area contributed by atoms with E-state index < -0.39 is 0 Å². The second-order valence-electron chi connectivity index (χ2n) is 8.71. The number of aromatic nitrogens is 1. The summed E-state index contributed by atoms with van der Waals surface area (Å²) in [7, 11) is 0. The highest BCUT2D eigenvalue weighted by Crippen LogP contribution is 2.39. The first-order chi connectivity index (χ1) is 14.5. The first-order valence-electron chi connectivity index (χ1n) is 11.1. The zero-order valence-electron chi connectivity index (χ0n) is 18.3. The number of guanidine groups is 1. The molecule has 1 atom stereocenters. The third-order valence-corrected chi connectivity index (χ3v) is 5.69. The van der Waals surface area contributed by atoms with Crippen molar-refractivity contribution in [2.75, 3.05) is 24.5 Å². The van der Waals surface area contributed by atoms with E-state index >= 15 is 0 Å². The van der Waals surface area contributed by atoms with Crippen LogP contribution < -0.4 is 20.3 Å². The van der Waals surface area contributed by atoms with Gasteiger partial charge in [-0.3, -0.25) is 0 Å². The van der Waals surface area contributed by atoms with Gasteiger partial charge in [-0.2, -0.15) is 0 Å². The van der Waals surface area contributed by atoms with Crippen molar-refractivity contribution in [1.82, 2.24) is 15.6 Å². The topological polar surface area (TPSA) is 61.8 Å². The van der Waals surface area contributed by atoms with Crippen LogP contribution in [-0.2, 0) is 6.54 Å². The summed E-state index contributed by atoms with van der Waals surface area (Å²) in [5.74, 6) is 2.84. The molecule has 6 heteroatoms. The number of nitrogens with one attached hydrogen (secondary N) is 2. The fourth-order valence-corrected chi connectivity index (χ4v) is 4.23. The Morgan fingerprint density at radius 1 is 1.20 bits per heavy atom. The van der Waals surface area contributed by atoms with E-state index in [9.17, 15) is 0 Å². The average Bonchev–Trinajstić information content (AvgIpc) is 3.27. The van der Waals surface area contributed by atoms with Crippen LogP contribution >= 0.6 is 0 Å². The number of nitrogens with zero attached hydrogens (tertiary/aromatic N) is 3. The number of para-hydroxylation sites is 1. The molecule has 1 aromatic carbocycles. The van der Waals surface area contributed by atoms with Crippen molar-refractivity contribution in [3.8, 4) is 5.75 Å². The molecule has 0 radical (unpaired) electrons. The van der Waals surface area contributed by atoms with Gasteiger partial charge in [0.25, 0.3) is 0 Å². The number of benzene rings is 1. The van der Waals surface area contributed by atoms with Gasteiger partial charge in [0.05, 0.1) is 12.6 Å². The Balaban J connectivity index is 1.46. The van der Waals surface area contributed by atoms with Crippen LogP contribution in [0.25, 0.3) is 0 Å². The Morgan fingerprint density at radius 3 is 2.73 bits per heavy atom. The maximum absolute atomic E-state index is 6.16. The number of anilines is 1. The summed E-state index contributed by atoms with van der Waals surface area (Å²) >= 11 is 0. The van der Waals surface area contributed by atoms with Gasteiger partial charge in [0.1, 0.15) is 17.2 Å². The van der Waals surface area contributed by atoms with Gasteiger partial charge in [-0.15, -0.1) is 0 Å². The molecule has 1 fully saturated rings. The maximum atomic E-state index is 6.16. The molecular formula is C24H33N5O. The third-order valence-electron chi connectivity index (χ3n) is 5.69. The zero-order chi connectivity index (χ0) is 21.0. The van der Waals surface area contributed by atoms with Crippen molar-refractivity contribution in [1.29, 1.82) is 0 Å². The molecule has 2 aromatic rings. The lowest BCUT2D eigenvalue weighted by molar-refractivity contribution is 0.0694. The molecule has 30 heavy (non-hydrogen) atoms. The molecule has 0 amide bonds. The van der Waals surface area contributed by atoms with E-state index in [1.165, 1.54) is 18.4 Å². The number of rotatable bonds is 5. The second-order valence-corrected chi connectivity index (χ2v) is 8.71. The van der Waals surface area contributed by atoms with Crippen molar-refractivity contribution >= 4 is 11.8 Å². The van der Waals surface area contributed by atoms with Crippen LogP contribution in [0.4, 0.5) is 5.82 Å². The van der Waals surface area contributed by atoms with Crippen molar-refractivity contribution in [3.63, 3.8) is 0 Å². The molecule has 0 saturated carbocycles. The number of hydrogen-bond acceptors (Lipinski definition) is 4. The number of fused-ring (bicyclic) bond motifs is 1. The van der Waals surface area contributed by atoms with Crippen LogP contribution in [0.3, 0.4) is 0 Å².